The number of H-pyrrole nitrogens is 1. The van der Waals surface area contributed by atoms with E-state index in [2.05, 4.69) is 30.8 Å². The van der Waals surface area contributed by atoms with E-state index in [1.165, 1.54) is 0 Å². The largest absolute Gasteiger partial charge is 0.461 e. The lowest BCUT2D eigenvalue weighted by molar-refractivity contribution is 0.195. The molecule has 0 aliphatic rings. The number of nitrogens with zero attached hydrogens (tertiary/aromatic N) is 3. The monoisotopic (exact) mass is 292 g/mol. The Labute approximate surface area is 123 Å². The number of methoxy groups -OCH3 is 1. The van der Waals surface area contributed by atoms with Gasteiger partial charge in [-0.05, 0) is 18.6 Å². The highest BCUT2D eigenvalue weighted by Gasteiger charge is 2.08. The number of furan rings is 1. The van der Waals surface area contributed by atoms with E-state index in [9.17, 15) is 0 Å². The van der Waals surface area contributed by atoms with Crippen molar-refractivity contribution in [1.82, 2.24) is 25.8 Å². The molecule has 2 aromatic heterocycles. The quantitative estimate of drug-likeness (QED) is 0.396. The predicted molar refractivity (Wildman–Crippen MR) is 78.8 cm³/mol. The molecule has 2 aromatic rings. The van der Waals surface area contributed by atoms with Crippen LogP contribution in [0.3, 0.4) is 0 Å². The second-order valence-corrected chi connectivity index (χ2v) is 4.28. The van der Waals surface area contributed by atoms with Crippen LogP contribution in [0.5, 0.6) is 0 Å². The summed E-state index contributed by atoms with van der Waals surface area (Å²) in [6.07, 6.45) is 2.51. The molecule has 0 atom stereocenters. The Morgan fingerprint density at radius 1 is 1.48 bits per heavy atom. The summed E-state index contributed by atoms with van der Waals surface area (Å²) in [5, 5.41) is 13.3. The number of hydrogen-bond donors (Lipinski definition) is 3. The lowest BCUT2D eigenvalue weighted by atomic mass is 10.4. The highest BCUT2D eigenvalue weighted by molar-refractivity contribution is 5.79. The summed E-state index contributed by atoms with van der Waals surface area (Å²) < 4.78 is 10.2. The van der Waals surface area contributed by atoms with E-state index in [-0.39, 0.29) is 0 Å². The average Bonchev–Trinajstić information content (AvgIpc) is 3.17. The summed E-state index contributed by atoms with van der Waals surface area (Å²) >= 11 is 0. The molecule has 0 aliphatic carbocycles. The van der Waals surface area contributed by atoms with Gasteiger partial charge in [0.15, 0.2) is 11.7 Å². The van der Waals surface area contributed by atoms with Crippen LogP contribution in [0.2, 0.25) is 0 Å². The molecule has 0 amide bonds. The molecule has 2 rings (SSSR count). The Kier molecular flexibility index (Phi) is 5.77. The van der Waals surface area contributed by atoms with Crippen molar-refractivity contribution in [3.8, 4) is 11.6 Å². The first-order chi connectivity index (χ1) is 10.3. The first-order valence-corrected chi connectivity index (χ1v) is 6.72. The van der Waals surface area contributed by atoms with Crippen molar-refractivity contribution in [2.75, 3.05) is 27.3 Å². The summed E-state index contributed by atoms with van der Waals surface area (Å²) in [5.74, 6) is 2.60. The van der Waals surface area contributed by atoms with Crippen LogP contribution in [-0.4, -0.2) is 48.5 Å². The Balaban J connectivity index is 1.79. The zero-order valence-corrected chi connectivity index (χ0v) is 12.2. The smallest absolute Gasteiger partial charge is 0.216 e. The summed E-state index contributed by atoms with van der Waals surface area (Å²) in [5.41, 5.74) is 0. The topological polar surface area (TPSA) is 100 Å². The number of guanidine groups is 1. The van der Waals surface area contributed by atoms with Gasteiger partial charge in [-0.25, -0.2) is 4.98 Å². The summed E-state index contributed by atoms with van der Waals surface area (Å²) in [6, 6.07) is 3.62. The Bertz CT molecular complexity index is 549. The van der Waals surface area contributed by atoms with Gasteiger partial charge in [0, 0.05) is 27.3 Å². The van der Waals surface area contributed by atoms with Gasteiger partial charge in [-0.15, -0.1) is 5.10 Å². The van der Waals surface area contributed by atoms with Crippen molar-refractivity contribution in [3.05, 3.63) is 24.2 Å². The van der Waals surface area contributed by atoms with Crippen molar-refractivity contribution in [2.45, 2.75) is 13.0 Å². The van der Waals surface area contributed by atoms with Crippen LogP contribution < -0.4 is 10.6 Å². The van der Waals surface area contributed by atoms with Crippen LogP contribution >= 0.6 is 0 Å². The zero-order valence-electron chi connectivity index (χ0n) is 12.2. The number of aliphatic imine (C=N–C) groups is 1. The summed E-state index contributed by atoms with van der Waals surface area (Å²) in [6.45, 7) is 2.01. The third-order valence-electron chi connectivity index (χ3n) is 2.74. The van der Waals surface area contributed by atoms with Crippen LogP contribution in [-0.2, 0) is 11.3 Å². The average molecular weight is 292 g/mol. The maximum Gasteiger partial charge on any atom is 0.216 e. The molecule has 0 fully saturated rings. The van der Waals surface area contributed by atoms with E-state index in [0.717, 1.165) is 19.6 Å². The van der Waals surface area contributed by atoms with E-state index >= 15 is 0 Å². The highest BCUT2D eigenvalue weighted by Crippen LogP contribution is 2.13. The van der Waals surface area contributed by atoms with Crippen molar-refractivity contribution in [1.29, 1.82) is 0 Å². The van der Waals surface area contributed by atoms with E-state index in [4.69, 9.17) is 9.15 Å². The van der Waals surface area contributed by atoms with Gasteiger partial charge in [0.1, 0.15) is 5.82 Å². The predicted octanol–water partition coefficient (Wildman–Crippen LogP) is 0.766. The minimum atomic E-state index is 0.498. The molecule has 114 valence electrons. The number of hydrogen-bond acceptors (Lipinski definition) is 5. The molecule has 0 aromatic carbocycles. The van der Waals surface area contributed by atoms with Crippen molar-refractivity contribution in [3.63, 3.8) is 0 Å². The molecule has 0 saturated heterocycles. The minimum Gasteiger partial charge on any atom is -0.461 e. The number of aromatic nitrogens is 3. The number of nitrogens with one attached hydrogen (secondary N) is 3. The van der Waals surface area contributed by atoms with E-state index in [1.807, 2.05) is 6.07 Å². The minimum absolute atomic E-state index is 0.498. The first-order valence-electron chi connectivity index (χ1n) is 6.72. The normalized spacial score (nSPS) is 11.6. The molecule has 0 spiro atoms. The standard InChI is InChI=1S/C13H20N6O2/c1-14-13(15-6-4-7-20-2)16-9-11-17-12(19-18-11)10-5-3-8-21-10/h3,5,8H,4,6-7,9H2,1-2H3,(H2,14,15,16)(H,17,18,19). The first kappa shape index (κ1) is 15.0. The summed E-state index contributed by atoms with van der Waals surface area (Å²) in [4.78, 5) is 8.47. The van der Waals surface area contributed by atoms with Crippen LogP contribution in [0.4, 0.5) is 0 Å². The van der Waals surface area contributed by atoms with Gasteiger partial charge >= 0.3 is 0 Å². The zero-order chi connectivity index (χ0) is 14.9. The number of ether oxygens (including phenoxy) is 1. The highest BCUT2D eigenvalue weighted by atomic mass is 16.5. The van der Waals surface area contributed by atoms with Crippen LogP contribution in [0, 0.1) is 0 Å². The molecule has 0 unspecified atom stereocenters. The molecule has 0 radical (unpaired) electrons. The van der Waals surface area contributed by atoms with Gasteiger partial charge in [-0.3, -0.25) is 10.1 Å². The molecule has 8 heteroatoms. The van der Waals surface area contributed by atoms with Gasteiger partial charge in [0.25, 0.3) is 0 Å². The lowest BCUT2D eigenvalue weighted by Crippen LogP contribution is -2.37. The fourth-order valence-electron chi connectivity index (χ4n) is 1.70. The Morgan fingerprint density at radius 2 is 2.38 bits per heavy atom. The SMILES string of the molecule is CN=C(NCCCOC)NCc1nc(-c2ccco2)n[nH]1. The van der Waals surface area contributed by atoms with Crippen molar-refractivity contribution < 1.29 is 9.15 Å². The Morgan fingerprint density at radius 3 is 3.10 bits per heavy atom. The van der Waals surface area contributed by atoms with Gasteiger partial charge in [-0.1, -0.05) is 0 Å². The molecule has 2 heterocycles. The molecule has 0 bridgehead atoms. The maximum absolute atomic E-state index is 5.24. The molecule has 0 saturated carbocycles. The lowest BCUT2D eigenvalue weighted by Gasteiger charge is -2.10. The van der Waals surface area contributed by atoms with Crippen molar-refractivity contribution >= 4 is 5.96 Å². The van der Waals surface area contributed by atoms with Crippen LogP contribution in [0.15, 0.2) is 27.8 Å². The fraction of sp³-hybridized carbons (Fsp3) is 0.462. The van der Waals surface area contributed by atoms with Crippen molar-refractivity contribution in [2.24, 2.45) is 4.99 Å². The maximum atomic E-state index is 5.24. The number of aromatic amines is 1. The van der Waals surface area contributed by atoms with Gasteiger partial charge < -0.3 is 19.8 Å². The van der Waals surface area contributed by atoms with Gasteiger partial charge in [-0.2, -0.15) is 0 Å². The molecule has 8 nitrogen and oxygen atoms in total. The third-order valence-corrected chi connectivity index (χ3v) is 2.74. The Hall–Kier alpha value is -2.35. The third kappa shape index (κ3) is 4.60. The number of rotatable bonds is 7. The molecule has 3 N–H and O–H groups in total. The van der Waals surface area contributed by atoms with E-state index in [0.29, 0.717) is 29.9 Å². The fourth-order valence-corrected chi connectivity index (χ4v) is 1.70. The molecular weight excluding hydrogens is 272 g/mol. The van der Waals surface area contributed by atoms with E-state index in [1.54, 1.807) is 26.5 Å². The summed E-state index contributed by atoms with van der Waals surface area (Å²) in [7, 11) is 3.41. The van der Waals surface area contributed by atoms with E-state index < -0.39 is 0 Å². The van der Waals surface area contributed by atoms with Crippen LogP contribution in [0.1, 0.15) is 12.2 Å². The van der Waals surface area contributed by atoms with Gasteiger partial charge in [0.2, 0.25) is 5.82 Å². The van der Waals surface area contributed by atoms with Crippen LogP contribution in [0.25, 0.3) is 11.6 Å². The second kappa shape index (κ2) is 8.05. The van der Waals surface area contributed by atoms with Gasteiger partial charge in [0.05, 0.1) is 12.8 Å². The molecular formula is C13H20N6O2. The molecule has 0 aliphatic heterocycles. The second-order valence-electron chi connectivity index (χ2n) is 4.28. The molecule has 21 heavy (non-hydrogen) atoms.